The van der Waals surface area contributed by atoms with Crippen LogP contribution in [0, 0.1) is 11.7 Å². The first-order valence-corrected chi connectivity index (χ1v) is 7.13. The summed E-state index contributed by atoms with van der Waals surface area (Å²) in [6, 6.07) is 5.59. The van der Waals surface area contributed by atoms with E-state index in [2.05, 4.69) is 38.2 Å². The van der Waals surface area contributed by atoms with Crippen LogP contribution in [0.2, 0.25) is 0 Å². The number of ether oxygens (including phenoxy) is 1. The fourth-order valence-corrected chi connectivity index (χ4v) is 2.22. The van der Waals surface area contributed by atoms with Gasteiger partial charge >= 0.3 is 0 Å². The minimum absolute atomic E-state index is 0.291. The topological polar surface area (TPSA) is 24.5 Å². The summed E-state index contributed by atoms with van der Waals surface area (Å²) in [6.07, 6.45) is 1.15. The second-order valence-corrected chi connectivity index (χ2v) is 5.85. The first kappa shape index (κ1) is 16.9. The summed E-state index contributed by atoms with van der Waals surface area (Å²) >= 11 is 0. The Morgan fingerprint density at radius 3 is 2.50 bits per heavy atom. The van der Waals surface area contributed by atoms with Crippen molar-refractivity contribution in [1.82, 2.24) is 10.2 Å². The summed E-state index contributed by atoms with van der Waals surface area (Å²) in [6.45, 7) is 6.03. The molecule has 1 N–H and O–H groups in total. The van der Waals surface area contributed by atoms with Gasteiger partial charge in [0.1, 0.15) is 0 Å². The minimum Gasteiger partial charge on any atom is -0.494 e. The van der Waals surface area contributed by atoms with E-state index in [1.165, 1.54) is 13.2 Å². The number of likely N-dealkylation sites (N-methyl/N-ethyl adjacent to an activating group) is 1. The predicted octanol–water partition coefficient (Wildman–Crippen LogP) is 2.90. The van der Waals surface area contributed by atoms with Gasteiger partial charge in [0.25, 0.3) is 0 Å². The molecule has 0 aliphatic heterocycles. The van der Waals surface area contributed by atoms with Crippen LogP contribution in [0.5, 0.6) is 5.75 Å². The fourth-order valence-electron chi connectivity index (χ4n) is 2.22. The molecule has 20 heavy (non-hydrogen) atoms. The zero-order valence-corrected chi connectivity index (χ0v) is 13.2. The molecule has 0 radical (unpaired) electrons. The number of hydrogen-bond donors (Lipinski definition) is 1. The van der Waals surface area contributed by atoms with Crippen molar-refractivity contribution >= 4 is 0 Å². The van der Waals surface area contributed by atoms with Crippen molar-refractivity contribution in [3.8, 4) is 5.75 Å². The molecule has 1 aromatic rings. The maximum atomic E-state index is 13.6. The van der Waals surface area contributed by atoms with Gasteiger partial charge in [-0.05, 0) is 44.1 Å². The van der Waals surface area contributed by atoms with Gasteiger partial charge in [-0.1, -0.05) is 19.9 Å². The van der Waals surface area contributed by atoms with Crippen LogP contribution in [0.1, 0.15) is 25.8 Å². The molecule has 4 heteroatoms. The molecule has 0 fully saturated rings. The zero-order chi connectivity index (χ0) is 15.1. The van der Waals surface area contributed by atoms with Gasteiger partial charge in [-0.15, -0.1) is 0 Å². The maximum Gasteiger partial charge on any atom is 0.165 e. The van der Waals surface area contributed by atoms with E-state index in [4.69, 9.17) is 4.74 Å². The molecule has 1 atom stereocenters. The van der Waals surface area contributed by atoms with Gasteiger partial charge in [-0.25, -0.2) is 4.39 Å². The zero-order valence-electron chi connectivity index (χ0n) is 13.2. The number of halogens is 1. The predicted molar refractivity (Wildman–Crippen MR) is 81.6 cm³/mol. The Hall–Kier alpha value is -1.13. The molecule has 0 aliphatic carbocycles. The number of nitrogens with zero attached hydrogens (tertiary/aromatic N) is 1. The quantitative estimate of drug-likeness (QED) is 0.793. The molecule has 0 saturated carbocycles. The van der Waals surface area contributed by atoms with Crippen LogP contribution in [0.25, 0.3) is 0 Å². The van der Waals surface area contributed by atoms with Crippen LogP contribution >= 0.6 is 0 Å². The van der Waals surface area contributed by atoms with Gasteiger partial charge < -0.3 is 15.0 Å². The second kappa shape index (κ2) is 8.22. The molecule has 0 spiro atoms. The van der Waals surface area contributed by atoms with Crippen molar-refractivity contribution in [1.29, 1.82) is 0 Å². The van der Waals surface area contributed by atoms with Crippen molar-refractivity contribution in [2.45, 2.75) is 32.9 Å². The number of nitrogens with one attached hydrogen (secondary N) is 1. The average molecular weight is 282 g/mol. The van der Waals surface area contributed by atoms with Crippen LogP contribution < -0.4 is 10.1 Å². The molecule has 0 amide bonds. The summed E-state index contributed by atoms with van der Waals surface area (Å²) in [4.78, 5) is 2.24. The lowest BCUT2D eigenvalue weighted by molar-refractivity contribution is 0.246. The number of rotatable bonds is 8. The van der Waals surface area contributed by atoms with E-state index in [1.54, 1.807) is 6.07 Å². The molecule has 1 unspecified atom stereocenters. The van der Waals surface area contributed by atoms with E-state index in [1.807, 2.05) is 6.07 Å². The van der Waals surface area contributed by atoms with E-state index in [-0.39, 0.29) is 5.82 Å². The summed E-state index contributed by atoms with van der Waals surface area (Å²) in [7, 11) is 5.67. The molecule has 0 bridgehead atoms. The SMILES string of the molecule is COc1ccc(CNCC(CC(C)C)N(C)C)cc1F. The lowest BCUT2D eigenvalue weighted by atomic mass is 10.0. The van der Waals surface area contributed by atoms with Crippen molar-refractivity contribution in [2.75, 3.05) is 27.7 Å². The van der Waals surface area contributed by atoms with Crippen LogP contribution in [-0.4, -0.2) is 38.7 Å². The van der Waals surface area contributed by atoms with E-state index >= 15 is 0 Å². The van der Waals surface area contributed by atoms with E-state index < -0.39 is 0 Å². The Morgan fingerprint density at radius 1 is 1.30 bits per heavy atom. The molecule has 114 valence electrons. The molecule has 1 rings (SSSR count). The van der Waals surface area contributed by atoms with Crippen LogP contribution in [0.3, 0.4) is 0 Å². The first-order valence-electron chi connectivity index (χ1n) is 7.13. The summed E-state index contributed by atoms with van der Waals surface area (Å²) in [5.41, 5.74) is 0.936. The highest BCUT2D eigenvalue weighted by Crippen LogP contribution is 2.17. The Kier molecular flexibility index (Phi) is 6.96. The maximum absolute atomic E-state index is 13.6. The van der Waals surface area contributed by atoms with Gasteiger partial charge in [0, 0.05) is 19.1 Å². The average Bonchev–Trinajstić information content (AvgIpc) is 2.37. The Morgan fingerprint density at radius 2 is 2.00 bits per heavy atom. The van der Waals surface area contributed by atoms with Gasteiger partial charge in [0.05, 0.1) is 7.11 Å². The first-order chi connectivity index (χ1) is 9.43. The number of benzene rings is 1. The standard InChI is InChI=1S/C16H27FN2O/c1-12(2)8-14(19(3)4)11-18-10-13-6-7-16(20-5)15(17)9-13/h6-7,9,12,14,18H,8,10-11H2,1-5H3. The van der Waals surface area contributed by atoms with Gasteiger partial charge in [0.2, 0.25) is 0 Å². The van der Waals surface area contributed by atoms with Gasteiger partial charge in [0.15, 0.2) is 11.6 Å². The Bertz CT molecular complexity index is 407. The highest BCUT2D eigenvalue weighted by atomic mass is 19.1. The third-order valence-corrected chi connectivity index (χ3v) is 3.40. The number of hydrogen-bond acceptors (Lipinski definition) is 3. The fraction of sp³-hybridized carbons (Fsp3) is 0.625. The normalized spacial score (nSPS) is 13.0. The largest absolute Gasteiger partial charge is 0.494 e. The lowest BCUT2D eigenvalue weighted by Crippen LogP contribution is -2.38. The van der Waals surface area contributed by atoms with Crippen LogP contribution in [0.4, 0.5) is 4.39 Å². The monoisotopic (exact) mass is 282 g/mol. The lowest BCUT2D eigenvalue weighted by Gasteiger charge is -2.26. The molecule has 3 nitrogen and oxygen atoms in total. The third-order valence-electron chi connectivity index (χ3n) is 3.40. The smallest absolute Gasteiger partial charge is 0.165 e. The minimum atomic E-state index is -0.307. The summed E-state index contributed by atoms with van der Waals surface area (Å²) < 4.78 is 18.5. The Labute approximate surface area is 122 Å². The van der Waals surface area contributed by atoms with Crippen molar-refractivity contribution < 1.29 is 9.13 Å². The van der Waals surface area contributed by atoms with E-state index in [9.17, 15) is 4.39 Å². The highest BCUT2D eigenvalue weighted by Gasteiger charge is 2.12. The third kappa shape index (κ3) is 5.47. The molecule has 0 aliphatic rings. The number of methoxy groups -OCH3 is 1. The summed E-state index contributed by atoms with van der Waals surface area (Å²) in [5, 5.41) is 3.40. The van der Waals surface area contributed by atoms with Crippen molar-refractivity contribution in [3.05, 3.63) is 29.6 Å². The van der Waals surface area contributed by atoms with E-state index in [0.29, 0.717) is 24.3 Å². The van der Waals surface area contributed by atoms with Gasteiger partial charge in [-0.2, -0.15) is 0 Å². The van der Waals surface area contributed by atoms with Crippen molar-refractivity contribution in [3.63, 3.8) is 0 Å². The molecule has 0 aromatic heterocycles. The molecule has 0 heterocycles. The Balaban J connectivity index is 2.48. The van der Waals surface area contributed by atoms with E-state index in [0.717, 1.165) is 18.5 Å². The molecular weight excluding hydrogens is 255 g/mol. The summed E-state index contributed by atoms with van der Waals surface area (Å²) in [5.74, 6) is 0.653. The molecular formula is C16H27FN2O. The molecule has 0 saturated heterocycles. The van der Waals surface area contributed by atoms with Crippen LogP contribution in [0.15, 0.2) is 18.2 Å². The van der Waals surface area contributed by atoms with Crippen molar-refractivity contribution in [2.24, 2.45) is 5.92 Å². The van der Waals surface area contributed by atoms with Gasteiger partial charge in [-0.3, -0.25) is 0 Å². The van der Waals surface area contributed by atoms with Crippen LogP contribution in [-0.2, 0) is 6.54 Å². The second-order valence-electron chi connectivity index (χ2n) is 5.85. The highest BCUT2D eigenvalue weighted by molar-refractivity contribution is 5.29. The molecule has 1 aromatic carbocycles.